The summed E-state index contributed by atoms with van der Waals surface area (Å²) in [4.78, 5) is 4.82. The molecule has 0 unspecified atom stereocenters. The van der Waals surface area contributed by atoms with Crippen LogP contribution >= 0.6 is 22.7 Å². The lowest BCUT2D eigenvalue weighted by atomic mass is 9.98. The second-order valence-corrected chi connectivity index (χ2v) is 25.1. The molecule has 2 heterocycles. The van der Waals surface area contributed by atoms with Gasteiger partial charge in [-0.15, -0.1) is 22.7 Å². The molecule has 0 N–H and O–H groups in total. The van der Waals surface area contributed by atoms with Crippen LogP contribution in [-0.2, 0) is 0 Å². The van der Waals surface area contributed by atoms with Crippen LogP contribution in [-0.4, -0.2) is 0 Å². The monoisotopic (exact) mass is 1210 g/mol. The molecule has 2 aromatic heterocycles. The highest BCUT2D eigenvalue weighted by Crippen LogP contribution is 2.50. The quantitative estimate of drug-likeness (QED) is 0.120. The molecule has 0 radical (unpaired) electrons. The SMILES string of the molecule is c1ccc(-c2ccc(N(c3ccc(-c4cccc5ccccc45)cc3)c3cccc4c3sc3c(-c5ccccc5)cccc34)cc2)cc1.c1ccc(-c2ccc(N(c3ccc(-c4ccccc4)cc3)c3cccc4c3sc3c(-c5ccccc5)cccc34)cc2)cc1. The van der Waals surface area contributed by atoms with Crippen molar-refractivity contribution in [3.05, 3.63) is 364 Å². The number of hydrogen-bond acceptors (Lipinski definition) is 4. The Bertz CT molecular complexity index is 5310. The van der Waals surface area contributed by atoms with Crippen molar-refractivity contribution in [2.24, 2.45) is 0 Å². The van der Waals surface area contributed by atoms with E-state index < -0.39 is 0 Å². The van der Waals surface area contributed by atoms with Gasteiger partial charge in [-0.05, 0) is 138 Å². The van der Waals surface area contributed by atoms with Crippen molar-refractivity contribution in [1.29, 1.82) is 0 Å². The molecule has 0 saturated carbocycles. The Morgan fingerprint density at radius 2 is 0.413 bits per heavy atom. The van der Waals surface area contributed by atoms with E-state index in [-0.39, 0.29) is 0 Å². The summed E-state index contributed by atoms with van der Waals surface area (Å²) in [6.45, 7) is 0. The molecule has 2 nitrogen and oxygen atoms in total. The van der Waals surface area contributed by atoms with Gasteiger partial charge in [0, 0.05) is 53.7 Å². The maximum atomic E-state index is 2.42. The molecule has 15 aromatic carbocycles. The molecule has 0 aliphatic rings. The van der Waals surface area contributed by atoms with E-state index >= 15 is 0 Å². The van der Waals surface area contributed by atoms with Crippen LogP contribution in [0.3, 0.4) is 0 Å². The third-order valence-corrected chi connectivity index (χ3v) is 20.1. The molecule has 0 fully saturated rings. The van der Waals surface area contributed by atoms with E-state index in [2.05, 4.69) is 374 Å². The largest absolute Gasteiger partial charge is 0.309 e. The average Bonchev–Trinajstić information content (AvgIpc) is 1.67. The first-order valence-corrected chi connectivity index (χ1v) is 32.9. The summed E-state index contributed by atoms with van der Waals surface area (Å²) in [6, 6.07) is 131. The Kier molecular flexibility index (Phi) is 15.1. The molecule has 0 aliphatic heterocycles. The number of nitrogens with zero attached hydrogens (tertiary/aromatic N) is 2. The molecule has 17 rings (SSSR count). The summed E-state index contributed by atoms with van der Waals surface area (Å²) in [5.41, 5.74) is 21.7. The van der Waals surface area contributed by atoms with Crippen LogP contribution < -0.4 is 9.80 Å². The minimum absolute atomic E-state index is 1.12. The van der Waals surface area contributed by atoms with Crippen LogP contribution in [0.2, 0.25) is 0 Å². The van der Waals surface area contributed by atoms with Gasteiger partial charge in [-0.3, -0.25) is 0 Å². The van der Waals surface area contributed by atoms with Crippen LogP contribution in [0.4, 0.5) is 34.1 Å². The third kappa shape index (κ3) is 10.8. The summed E-state index contributed by atoms with van der Waals surface area (Å²) in [7, 11) is 0. The zero-order valence-electron chi connectivity index (χ0n) is 50.4. The number of benzene rings is 15. The Balaban J connectivity index is 0.000000147. The second kappa shape index (κ2) is 24.9. The summed E-state index contributed by atoms with van der Waals surface area (Å²) in [5, 5.41) is 7.68. The first-order valence-electron chi connectivity index (χ1n) is 31.3. The van der Waals surface area contributed by atoms with E-state index in [1.807, 2.05) is 22.7 Å². The maximum Gasteiger partial charge on any atom is 0.0640 e. The molecular formula is C88H60N2S2. The van der Waals surface area contributed by atoms with Crippen LogP contribution in [0.25, 0.3) is 118 Å². The molecular weight excluding hydrogens is 1150 g/mol. The average molecular weight is 1210 g/mol. The van der Waals surface area contributed by atoms with Crippen molar-refractivity contribution >= 4 is 108 Å². The van der Waals surface area contributed by atoms with E-state index in [4.69, 9.17) is 0 Å². The highest BCUT2D eigenvalue weighted by molar-refractivity contribution is 7.27. The van der Waals surface area contributed by atoms with Gasteiger partial charge >= 0.3 is 0 Å². The first kappa shape index (κ1) is 55.9. The number of anilines is 6. The van der Waals surface area contributed by atoms with E-state index in [1.165, 1.54) is 129 Å². The summed E-state index contributed by atoms with van der Waals surface area (Å²) < 4.78 is 5.20. The number of hydrogen-bond donors (Lipinski definition) is 0. The highest BCUT2D eigenvalue weighted by Gasteiger charge is 2.22. The van der Waals surface area contributed by atoms with E-state index in [9.17, 15) is 0 Å². The van der Waals surface area contributed by atoms with Crippen molar-refractivity contribution < 1.29 is 0 Å². The van der Waals surface area contributed by atoms with Gasteiger partial charge in [-0.1, -0.05) is 303 Å². The smallest absolute Gasteiger partial charge is 0.0640 e. The molecule has 0 aliphatic carbocycles. The van der Waals surface area contributed by atoms with Crippen LogP contribution in [0.1, 0.15) is 0 Å². The molecule has 434 valence electrons. The normalized spacial score (nSPS) is 11.3. The van der Waals surface area contributed by atoms with Gasteiger partial charge in [0.2, 0.25) is 0 Å². The van der Waals surface area contributed by atoms with Gasteiger partial charge in [0.25, 0.3) is 0 Å². The molecule has 0 bridgehead atoms. The molecule has 17 aromatic rings. The van der Waals surface area contributed by atoms with Crippen molar-refractivity contribution in [3.8, 4) is 66.8 Å². The van der Waals surface area contributed by atoms with Crippen molar-refractivity contribution in [2.75, 3.05) is 9.80 Å². The number of rotatable bonds is 12. The van der Waals surface area contributed by atoms with Gasteiger partial charge in [0.05, 0.1) is 20.8 Å². The summed E-state index contributed by atoms with van der Waals surface area (Å²) in [5.74, 6) is 0. The predicted molar refractivity (Wildman–Crippen MR) is 398 cm³/mol. The Hall–Kier alpha value is -11.4. The fourth-order valence-electron chi connectivity index (χ4n) is 13.1. The molecule has 0 atom stereocenters. The maximum absolute atomic E-state index is 2.42. The van der Waals surface area contributed by atoms with Gasteiger partial charge < -0.3 is 9.80 Å². The lowest BCUT2D eigenvalue weighted by Crippen LogP contribution is -2.10. The Morgan fingerprint density at radius 3 is 0.793 bits per heavy atom. The predicted octanol–water partition coefficient (Wildman–Crippen LogP) is 26.2. The van der Waals surface area contributed by atoms with Crippen LogP contribution in [0, 0.1) is 0 Å². The molecule has 92 heavy (non-hydrogen) atoms. The fourth-order valence-corrected chi connectivity index (χ4v) is 15.8. The topological polar surface area (TPSA) is 6.48 Å². The zero-order chi connectivity index (χ0) is 61.2. The van der Waals surface area contributed by atoms with Crippen LogP contribution in [0.5, 0.6) is 0 Å². The summed E-state index contributed by atoms with van der Waals surface area (Å²) >= 11 is 3.77. The van der Waals surface area contributed by atoms with E-state index in [0.29, 0.717) is 0 Å². The minimum atomic E-state index is 1.12. The molecule has 0 spiro atoms. The van der Waals surface area contributed by atoms with Gasteiger partial charge in [-0.2, -0.15) is 0 Å². The van der Waals surface area contributed by atoms with Gasteiger partial charge in [0.15, 0.2) is 0 Å². The zero-order valence-corrected chi connectivity index (χ0v) is 52.0. The lowest BCUT2D eigenvalue weighted by Gasteiger charge is -2.26. The number of fused-ring (bicyclic) bond motifs is 7. The van der Waals surface area contributed by atoms with E-state index in [0.717, 1.165) is 22.7 Å². The lowest BCUT2D eigenvalue weighted by molar-refractivity contribution is 1.30. The Morgan fingerprint density at radius 1 is 0.163 bits per heavy atom. The van der Waals surface area contributed by atoms with Crippen molar-refractivity contribution in [3.63, 3.8) is 0 Å². The first-order chi connectivity index (χ1) is 45.6. The minimum Gasteiger partial charge on any atom is -0.309 e. The van der Waals surface area contributed by atoms with E-state index in [1.54, 1.807) is 0 Å². The van der Waals surface area contributed by atoms with Gasteiger partial charge in [0.1, 0.15) is 0 Å². The van der Waals surface area contributed by atoms with Crippen molar-refractivity contribution in [1.82, 2.24) is 0 Å². The summed E-state index contributed by atoms with van der Waals surface area (Å²) in [6.07, 6.45) is 0. The standard InChI is InChI=1S/C46H31NS.C42H29NS/c1-3-12-32(13-4-1)33-24-28-37(29-25-33)47(38-30-26-36(27-31-38)40-19-9-17-34-16-7-8-18-39(34)40)44-23-11-22-43-42-21-10-20-41(45(42)48-46(43)44)35-14-5-2-6-15-35;1-4-12-30(13-5-1)32-22-26-35(27-23-32)43(36-28-24-33(25-29-36)31-14-6-2-7-15-31)40-21-11-20-39-38-19-10-18-37(41(38)44-42(39)40)34-16-8-3-9-17-34/h1-31H;1-29H. The van der Waals surface area contributed by atoms with Crippen molar-refractivity contribution in [2.45, 2.75) is 0 Å². The third-order valence-electron chi connectivity index (χ3n) is 17.6. The second-order valence-electron chi connectivity index (χ2n) is 23.1. The molecule has 4 heteroatoms. The molecule has 0 amide bonds. The fraction of sp³-hybridized carbons (Fsp3) is 0. The molecule has 0 saturated heterocycles. The highest BCUT2D eigenvalue weighted by atomic mass is 32.1. The van der Waals surface area contributed by atoms with Gasteiger partial charge in [-0.25, -0.2) is 0 Å². The van der Waals surface area contributed by atoms with Crippen LogP contribution in [0.15, 0.2) is 364 Å². The Labute approximate surface area is 544 Å². The number of thiophene rings is 2.